The van der Waals surface area contributed by atoms with Gasteiger partial charge in [-0.3, -0.25) is 0 Å². The van der Waals surface area contributed by atoms with E-state index >= 15 is 0 Å². The highest BCUT2D eigenvalue weighted by Crippen LogP contribution is 2.31. The number of anilines is 1. The van der Waals surface area contributed by atoms with Crippen molar-refractivity contribution in [2.75, 3.05) is 4.90 Å². The third-order valence-electron chi connectivity index (χ3n) is 3.56. The van der Waals surface area contributed by atoms with E-state index in [1.165, 1.54) is 47.8 Å². The van der Waals surface area contributed by atoms with E-state index in [9.17, 15) is 18.7 Å². The lowest BCUT2D eigenvalue weighted by Crippen LogP contribution is -2.19. The van der Waals surface area contributed by atoms with Crippen LogP contribution in [-0.4, -0.2) is 16.4 Å². The molecular formula is C17H11ClF2N2O2. The van der Waals surface area contributed by atoms with Gasteiger partial charge in [-0.15, -0.1) is 0 Å². The van der Waals surface area contributed by atoms with Gasteiger partial charge in [0.1, 0.15) is 17.9 Å². The number of aliphatic hydroxyl groups excluding tert-OH is 1. The van der Waals surface area contributed by atoms with Gasteiger partial charge in [-0.2, -0.15) is 0 Å². The summed E-state index contributed by atoms with van der Waals surface area (Å²) in [7, 11) is 0. The summed E-state index contributed by atoms with van der Waals surface area (Å²) in [6.07, 6.45) is 5.98. The molecule has 3 rings (SSSR count). The molecule has 0 saturated carbocycles. The van der Waals surface area contributed by atoms with Crippen LogP contribution in [0.2, 0.25) is 5.02 Å². The van der Waals surface area contributed by atoms with Crippen LogP contribution in [0, 0.1) is 17.6 Å². The number of aliphatic hydroxyl groups is 1. The molecule has 4 nitrogen and oxygen atoms in total. The van der Waals surface area contributed by atoms with Crippen LogP contribution >= 0.6 is 11.6 Å². The minimum atomic E-state index is -0.766. The highest BCUT2D eigenvalue weighted by Gasteiger charge is 2.21. The molecule has 0 fully saturated rings. The van der Waals surface area contributed by atoms with Crippen molar-refractivity contribution in [3.63, 3.8) is 0 Å². The Kier molecular flexibility index (Phi) is 4.31. The van der Waals surface area contributed by atoms with Gasteiger partial charge in [0.2, 0.25) is 0 Å². The van der Waals surface area contributed by atoms with Gasteiger partial charge < -0.3 is 14.8 Å². The number of hydrogen-bond donors (Lipinski definition) is 1. The molecule has 1 aromatic carbocycles. The molecule has 2 aromatic rings. The number of aromatic nitrogens is 1. The van der Waals surface area contributed by atoms with Gasteiger partial charge >= 0.3 is 0 Å². The molecule has 1 aliphatic heterocycles. The molecule has 2 heterocycles. The fourth-order valence-corrected chi connectivity index (χ4v) is 2.42. The second-order valence-corrected chi connectivity index (χ2v) is 5.50. The van der Waals surface area contributed by atoms with E-state index in [2.05, 4.69) is 4.98 Å². The van der Waals surface area contributed by atoms with Crippen molar-refractivity contribution < 1.29 is 18.7 Å². The predicted molar refractivity (Wildman–Crippen MR) is 86.5 cm³/mol. The molecule has 0 bridgehead atoms. The molecule has 0 spiro atoms. The minimum Gasteiger partial charge on any atom is -0.510 e. The van der Waals surface area contributed by atoms with E-state index in [4.69, 9.17) is 11.6 Å². The van der Waals surface area contributed by atoms with Gasteiger partial charge in [-0.25, -0.2) is 13.8 Å². The highest BCUT2D eigenvalue weighted by molar-refractivity contribution is 6.30. The van der Waals surface area contributed by atoms with Crippen LogP contribution in [0.1, 0.15) is 0 Å². The Hall–Kier alpha value is -2.73. The smallest absolute Gasteiger partial charge is 0.174 e. The largest absolute Gasteiger partial charge is 0.510 e. The van der Waals surface area contributed by atoms with Gasteiger partial charge in [-0.1, -0.05) is 23.7 Å². The molecule has 1 aliphatic rings. The van der Waals surface area contributed by atoms with Crippen molar-refractivity contribution in [3.8, 4) is 11.1 Å². The van der Waals surface area contributed by atoms with Crippen molar-refractivity contribution >= 4 is 23.7 Å². The number of nitrogens with zero attached hydrogens (tertiary/aromatic N) is 2. The van der Waals surface area contributed by atoms with Gasteiger partial charge in [0.15, 0.2) is 11.6 Å². The standard InChI is InChI=1S/C17H11ClF2N2O2/c18-13-2-1-10(7-14(13)19)12-3-5-21-17(16(12)20)22-6-4-11(9-23)15(24)8-22/h1-9,11,24H. The Balaban J connectivity index is 2.03. The molecule has 122 valence electrons. The Bertz CT molecular complexity index is 868. The molecule has 0 amide bonds. The first-order valence-electron chi connectivity index (χ1n) is 6.94. The summed E-state index contributed by atoms with van der Waals surface area (Å²) in [6, 6.07) is 5.38. The average molecular weight is 349 g/mol. The van der Waals surface area contributed by atoms with Crippen molar-refractivity contribution in [1.82, 2.24) is 4.98 Å². The SMILES string of the molecule is O=CC1C=CN(c2nccc(-c3ccc(Cl)c(F)c3)c2F)C=C1O. The minimum absolute atomic E-state index is 0.0554. The fraction of sp³-hybridized carbons (Fsp3) is 0.0588. The van der Waals surface area contributed by atoms with Crippen LogP contribution in [0.5, 0.6) is 0 Å². The zero-order chi connectivity index (χ0) is 17.3. The number of carbonyl (C=O) groups excluding carboxylic acids is 1. The first kappa shape index (κ1) is 16.1. The van der Waals surface area contributed by atoms with Crippen molar-refractivity contribution in [2.45, 2.75) is 0 Å². The van der Waals surface area contributed by atoms with Crippen LogP contribution in [0.3, 0.4) is 0 Å². The number of benzene rings is 1. The van der Waals surface area contributed by atoms with Crippen molar-refractivity contribution in [1.29, 1.82) is 0 Å². The summed E-state index contributed by atoms with van der Waals surface area (Å²) in [4.78, 5) is 16.0. The molecule has 0 aliphatic carbocycles. The lowest BCUT2D eigenvalue weighted by atomic mass is 10.1. The van der Waals surface area contributed by atoms with Crippen LogP contribution in [0.15, 0.2) is 54.7 Å². The topological polar surface area (TPSA) is 53.4 Å². The van der Waals surface area contributed by atoms with E-state index in [1.54, 1.807) is 0 Å². The van der Waals surface area contributed by atoms with Crippen molar-refractivity contribution in [2.24, 2.45) is 5.92 Å². The molecule has 1 unspecified atom stereocenters. The Morgan fingerprint density at radius 3 is 2.75 bits per heavy atom. The Morgan fingerprint density at radius 1 is 1.29 bits per heavy atom. The van der Waals surface area contributed by atoms with Crippen molar-refractivity contribution in [3.05, 3.63) is 71.4 Å². The maximum absolute atomic E-state index is 14.8. The summed E-state index contributed by atoms with van der Waals surface area (Å²) in [6.45, 7) is 0. The number of aldehydes is 1. The van der Waals surface area contributed by atoms with Crippen LogP contribution < -0.4 is 4.90 Å². The van der Waals surface area contributed by atoms with Gasteiger partial charge in [0.05, 0.1) is 10.9 Å². The lowest BCUT2D eigenvalue weighted by molar-refractivity contribution is -0.109. The zero-order valence-electron chi connectivity index (χ0n) is 12.2. The normalized spacial score (nSPS) is 16.9. The third-order valence-corrected chi connectivity index (χ3v) is 3.87. The summed E-state index contributed by atoms with van der Waals surface area (Å²) in [5.41, 5.74) is 0.437. The molecule has 1 atom stereocenters. The Morgan fingerprint density at radius 2 is 2.08 bits per heavy atom. The zero-order valence-corrected chi connectivity index (χ0v) is 12.9. The number of hydrogen-bond acceptors (Lipinski definition) is 4. The maximum Gasteiger partial charge on any atom is 0.174 e. The fourth-order valence-electron chi connectivity index (χ4n) is 2.30. The van der Waals surface area contributed by atoms with E-state index < -0.39 is 17.6 Å². The monoisotopic (exact) mass is 348 g/mol. The van der Waals surface area contributed by atoms with Crippen LogP contribution in [0.25, 0.3) is 11.1 Å². The predicted octanol–water partition coefficient (Wildman–Crippen LogP) is 4.23. The summed E-state index contributed by atoms with van der Waals surface area (Å²) < 4.78 is 28.4. The highest BCUT2D eigenvalue weighted by atomic mass is 35.5. The van der Waals surface area contributed by atoms with Crippen LogP contribution in [-0.2, 0) is 4.79 Å². The molecule has 1 N–H and O–H groups in total. The summed E-state index contributed by atoms with van der Waals surface area (Å²) in [5.74, 6) is -2.43. The lowest BCUT2D eigenvalue weighted by Gasteiger charge is -2.22. The van der Waals surface area contributed by atoms with E-state index in [1.807, 2.05) is 0 Å². The number of carbonyl (C=O) groups is 1. The third kappa shape index (κ3) is 2.88. The molecule has 7 heteroatoms. The first-order valence-corrected chi connectivity index (χ1v) is 7.31. The number of allylic oxidation sites excluding steroid dienone is 1. The molecule has 1 aromatic heterocycles. The number of pyridine rings is 1. The number of rotatable bonds is 3. The average Bonchev–Trinajstić information content (AvgIpc) is 2.57. The molecule has 0 saturated heterocycles. The molecule has 0 radical (unpaired) electrons. The Labute approximate surface area is 141 Å². The van der Waals surface area contributed by atoms with E-state index in [0.717, 1.165) is 6.07 Å². The maximum atomic E-state index is 14.8. The first-order chi connectivity index (χ1) is 11.5. The summed E-state index contributed by atoms with van der Waals surface area (Å²) >= 11 is 5.64. The van der Waals surface area contributed by atoms with Crippen LogP contribution in [0.4, 0.5) is 14.6 Å². The molecule has 24 heavy (non-hydrogen) atoms. The summed E-state index contributed by atoms with van der Waals surface area (Å²) in [5, 5.41) is 9.71. The van der Waals surface area contributed by atoms with E-state index in [0.29, 0.717) is 11.8 Å². The number of halogens is 3. The second-order valence-electron chi connectivity index (χ2n) is 5.09. The van der Waals surface area contributed by atoms with E-state index in [-0.39, 0.29) is 22.2 Å². The molecular weight excluding hydrogens is 338 g/mol. The quantitative estimate of drug-likeness (QED) is 0.843. The second kappa shape index (κ2) is 6.41. The van der Waals surface area contributed by atoms with Gasteiger partial charge in [0.25, 0.3) is 0 Å². The van der Waals surface area contributed by atoms with Gasteiger partial charge in [0, 0.05) is 24.2 Å². The van der Waals surface area contributed by atoms with Gasteiger partial charge in [-0.05, 0) is 23.8 Å².